The summed E-state index contributed by atoms with van der Waals surface area (Å²) in [6.45, 7) is 2.06. The summed E-state index contributed by atoms with van der Waals surface area (Å²) < 4.78 is 34.3. The van der Waals surface area contributed by atoms with Gasteiger partial charge in [0.05, 0.1) is 11.6 Å². The molecule has 0 aromatic heterocycles. The van der Waals surface area contributed by atoms with Crippen LogP contribution < -0.4 is 4.74 Å². The second-order valence-corrected chi connectivity index (χ2v) is 6.19. The summed E-state index contributed by atoms with van der Waals surface area (Å²) >= 11 is 0. The molecule has 0 radical (unpaired) electrons. The van der Waals surface area contributed by atoms with Gasteiger partial charge >= 0.3 is 5.97 Å². The molecular weight excluding hydrogens is 336 g/mol. The molecule has 0 unspecified atom stereocenters. The maximum absolute atomic E-state index is 14.8. The van der Waals surface area contributed by atoms with Crippen molar-refractivity contribution in [2.24, 2.45) is 0 Å². The van der Waals surface area contributed by atoms with Gasteiger partial charge in [-0.15, -0.1) is 0 Å². The van der Waals surface area contributed by atoms with E-state index in [4.69, 9.17) is 10.00 Å². The first-order valence-corrected chi connectivity index (χ1v) is 8.46. The summed E-state index contributed by atoms with van der Waals surface area (Å²) in [6, 6.07) is 8.87. The van der Waals surface area contributed by atoms with Crippen LogP contribution in [-0.4, -0.2) is 5.97 Å². The van der Waals surface area contributed by atoms with E-state index in [1.807, 2.05) is 12.1 Å². The summed E-state index contributed by atoms with van der Waals surface area (Å²) in [6.07, 6.45) is 4.81. The number of hydrogen-bond donors (Lipinski definition) is 0. The van der Waals surface area contributed by atoms with Crippen molar-refractivity contribution in [3.05, 3.63) is 69.8 Å². The van der Waals surface area contributed by atoms with Crippen LogP contribution in [0, 0.1) is 23.0 Å². The topological polar surface area (TPSA) is 50.1 Å². The smallest absolute Gasteiger partial charge is 0.349 e. The maximum atomic E-state index is 14.8. The van der Waals surface area contributed by atoms with E-state index in [1.54, 1.807) is 0 Å². The third kappa shape index (κ3) is 3.50. The van der Waals surface area contributed by atoms with Gasteiger partial charge in [-0.1, -0.05) is 25.0 Å². The zero-order chi connectivity index (χ0) is 18.7. The van der Waals surface area contributed by atoms with E-state index in [0.29, 0.717) is 29.5 Å². The zero-order valence-electron chi connectivity index (χ0n) is 14.3. The number of rotatable bonds is 4. The lowest BCUT2D eigenvalue weighted by atomic mass is 9.88. The molecule has 0 heterocycles. The highest BCUT2D eigenvalue weighted by atomic mass is 19.1. The van der Waals surface area contributed by atoms with Crippen molar-refractivity contribution in [1.82, 2.24) is 0 Å². The number of esters is 1. The van der Waals surface area contributed by atoms with Crippen molar-refractivity contribution in [2.75, 3.05) is 0 Å². The molecule has 0 amide bonds. The number of carbonyl (C=O) groups excluding carboxylic acids is 1. The molecule has 3 rings (SSSR count). The molecule has 0 N–H and O–H groups in total. The Balaban J connectivity index is 1.91. The van der Waals surface area contributed by atoms with Gasteiger partial charge in [0.15, 0.2) is 0 Å². The molecule has 1 aliphatic carbocycles. The second-order valence-electron chi connectivity index (χ2n) is 6.19. The summed E-state index contributed by atoms with van der Waals surface area (Å²) in [7, 11) is 0. The first-order chi connectivity index (χ1) is 12.5. The number of fused-ring (bicyclic) bond motifs is 1. The van der Waals surface area contributed by atoms with Gasteiger partial charge in [-0.05, 0) is 60.7 Å². The van der Waals surface area contributed by atoms with Crippen LogP contribution in [0.1, 0.15) is 53.2 Å². The Morgan fingerprint density at radius 2 is 1.96 bits per heavy atom. The minimum Gasteiger partial charge on any atom is -0.423 e. The van der Waals surface area contributed by atoms with Gasteiger partial charge in [-0.25, -0.2) is 13.6 Å². The van der Waals surface area contributed by atoms with Crippen LogP contribution in [0.25, 0.3) is 6.08 Å². The Labute approximate surface area is 150 Å². The minimum absolute atomic E-state index is 0.121. The number of ether oxygens (including phenoxy) is 1. The molecule has 0 saturated heterocycles. The second kappa shape index (κ2) is 7.49. The van der Waals surface area contributed by atoms with Crippen molar-refractivity contribution >= 4 is 12.0 Å². The number of nitrogens with zero attached hydrogens (tertiary/aromatic N) is 1. The van der Waals surface area contributed by atoms with Gasteiger partial charge in [0.25, 0.3) is 0 Å². The van der Waals surface area contributed by atoms with Crippen molar-refractivity contribution in [2.45, 2.75) is 32.6 Å². The summed E-state index contributed by atoms with van der Waals surface area (Å²) in [5.41, 5.74) is 1.71. The summed E-state index contributed by atoms with van der Waals surface area (Å²) in [5, 5.41) is 8.76. The first kappa shape index (κ1) is 17.8. The number of benzene rings is 2. The third-order valence-electron chi connectivity index (χ3n) is 4.38. The molecule has 3 nitrogen and oxygen atoms in total. The fourth-order valence-electron chi connectivity index (χ4n) is 3.10. The third-order valence-corrected chi connectivity index (χ3v) is 4.38. The number of allylic oxidation sites excluding steroid dienone is 1. The van der Waals surface area contributed by atoms with E-state index < -0.39 is 23.2 Å². The Morgan fingerprint density at radius 3 is 2.62 bits per heavy atom. The van der Waals surface area contributed by atoms with E-state index in [9.17, 15) is 13.6 Å². The van der Waals surface area contributed by atoms with Crippen LogP contribution in [0.3, 0.4) is 0 Å². The van der Waals surface area contributed by atoms with Gasteiger partial charge in [-0.3, -0.25) is 0 Å². The molecule has 1 aliphatic rings. The molecule has 132 valence electrons. The van der Waals surface area contributed by atoms with Crippen LogP contribution in [0.15, 0.2) is 35.9 Å². The Morgan fingerprint density at radius 1 is 1.23 bits per heavy atom. The van der Waals surface area contributed by atoms with Crippen LogP contribution in [0.5, 0.6) is 5.75 Å². The molecule has 0 bridgehead atoms. The van der Waals surface area contributed by atoms with E-state index in [1.165, 1.54) is 30.3 Å². The maximum Gasteiger partial charge on any atom is 0.349 e. The largest absolute Gasteiger partial charge is 0.423 e. The van der Waals surface area contributed by atoms with Gasteiger partial charge < -0.3 is 4.74 Å². The molecule has 0 aliphatic heterocycles. The Kier molecular flexibility index (Phi) is 5.13. The van der Waals surface area contributed by atoms with Gasteiger partial charge in [0.2, 0.25) is 0 Å². The minimum atomic E-state index is -1.09. The SMILES string of the molecule is CCCC1=Cc2cc(F)c(C(=O)Oc3ccc(C#N)cc3)c(F)c2CC1. The number of hydrogen-bond acceptors (Lipinski definition) is 3. The average Bonchev–Trinajstić information content (AvgIpc) is 2.62. The summed E-state index contributed by atoms with van der Waals surface area (Å²) in [5.74, 6) is -2.76. The van der Waals surface area contributed by atoms with Gasteiger partial charge in [-0.2, -0.15) is 5.26 Å². The number of halogens is 2. The molecule has 0 fully saturated rings. The van der Waals surface area contributed by atoms with E-state index in [-0.39, 0.29) is 5.75 Å². The molecular formula is C21H17F2NO2. The lowest BCUT2D eigenvalue weighted by Crippen LogP contribution is -2.16. The fraction of sp³-hybridized carbons (Fsp3) is 0.238. The lowest BCUT2D eigenvalue weighted by molar-refractivity contribution is 0.0724. The first-order valence-electron chi connectivity index (χ1n) is 8.46. The number of nitriles is 1. The highest BCUT2D eigenvalue weighted by Gasteiger charge is 2.26. The lowest BCUT2D eigenvalue weighted by Gasteiger charge is -2.18. The monoisotopic (exact) mass is 353 g/mol. The highest BCUT2D eigenvalue weighted by Crippen LogP contribution is 2.31. The van der Waals surface area contributed by atoms with Crippen LogP contribution in [-0.2, 0) is 6.42 Å². The molecule has 26 heavy (non-hydrogen) atoms. The standard InChI is InChI=1S/C21H17F2NO2/c1-2-3-13-6-9-17-15(10-13)11-18(22)19(20(17)23)21(25)26-16-7-4-14(12-24)5-8-16/h4-5,7-8,10-11H,2-3,6,9H2,1H3. The predicted octanol–water partition coefficient (Wildman–Crippen LogP) is 5.19. The van der Waals surface area contributed by atoms with E-state index in [0.717, 1.165) is 18.4 Å². The van der Waals surface area contributed by atoms with Crippen molar-refractivity contribution < 1.29 is 18.3 Å². The van der Waals surface area contributed by atoms with Crippen LogP contribution in [0.2, 0.25) is 0 Å². The number of carbonyl (C=O) groups is 1. The normalized spacial score (nSPS) is 12.8. The molecule has 0 atom stereocenters. The van der Waals surface area contributed by atoms with Gasteiger partial charge in [0.1, 0.15) is 22.9 Å². The van der Waals surface area contributed by atoms with Crippen molar-refractivity contribution in [3.8, 4) is 11.8 Å². The molecule has 2 aromatic carbocycles. The quantitative estimate of drug-likeness (QED) is 0.562. The van der Waals surface area contributed by atoms with Crippen LogP contribution in [0.4, 0.5) is 8.78 Å². The Hall–Kier alpha value is -3.00. The highest BCUT2D eigenvalue weighted by molar-refractivity contribution is 5.92. The predicted molar refractivity (Wildman–Crippen MR) is 93.7 cm³/mol. The van der Waals surface area contributed by atoms with Crippen molar-refractivity contribution in [3.63, 3.8) is 0 Å². The summed E-state index contributed by atoms with van der Waals surface area (Å²) in [4.78, 5) is 12.3. The molecule has 2 aromatic rings. The average molecular weight is 353 g/mol. The Bertz CT molecular complexity index is 925. The zero-order valence-corrected chi connectivity index (χ0v) is 14.3. The molecule has 5 heteroatoms. The fourth-order valence-corrected chi connectivity index (χ4v) is 3.10. The van der Waals surface area contributed by atoms with E-state index >= 15 is 0 Å². The van der Waals surface area contributed by atoms with Crippen molar-refractivity contribution in [1.29, 1.82) is 5.26 Å². The molecule has 0 saturated carbocycles. The van der Waals surface area contributed by atoms with Gasteiger partial charge in [0, 0.05) is 0 Å². The van der Waals surface area contributed by atoms with E-state index in [2.05, 4.69) is 6.92 Å². The molecule has 0 spiro atoms. The van der Waals surface area contributed by atoms with Crippen LogP contribution >= 0.6 is 0 Å².